The van der Waals surface area contributed by atoms with Gasteiger partial charge < -0.3 is 9.73 Å². The second-order valence-electron chi connectivity index (χ2n) is 5.50. The van der Waals surface area contributed by atoms with Crippen LogP contribution in [0.2, 0.25) is 0 Å². The number of nitrogens with zero attached hydrogens (tertiary/aromatic N) is 1. The second kappa shape index (κ2) is 5.89. The van der Waals surface area contributed by atoms with Crippen LogP contribution in [0.25, 0.3) is 22.6 Å². The molecule has 4 aromatic rings. The third kappa shape index (κ3) is 2.98. The Bertz CT molecular complexity index is 924. The van der Waals surface area contributed by atoms with Gasteiger partial charge >= 0.3 is 0 Å². The highest BCUT2D eigenvalue weighted by molar-refractivity contribution is 7.09. The van der Waals surface area contributed by atoms with Gasteiger partial charge in [0.1, 0.15) is 5.52 Å². The summed E-state index contributed by atoms with van der Waals surface area (Å²) in [5, 5.41) is 5.51. The van der Waals surface area contributed by atoms with Gasteiger partial charge in [-0.3, -0.25) is 0 Å². The van der Waals surface area contributed by atoms with Gasteiger partial charge in [0.05, 0.1) is 0 Å². The molecule has 1 N–H and O–H groups in total. The highest BCUT2D eigenvalue weighted by atomic mass is 32.1. The van der Waals surface area contributed by atoms with Crippen molar-refractivity contribution in [2.24, 2.45) is 0 Å². The van der Waals surface area contributed by atoms with Crippen molar-refractivity contribution in [2.75, 3.05) is 5.32 Å². The predicted molar refractivity (Wildman–Crippen MR) is 95.8 cm³/mol. The van der Waals surface area contributed by atoms with E-state index in [1.165, 1.54) is 10.4 Å². The van der Waals surface area contributed by atoms with E-state index < -0.39 is 0 Å². The molecular formula is C19H16N2OS. The highest BCUT2D eigenvalue weighted by Crippen LogP contribution is 2.26. The maximum absolute atomic E-state index is 5.92. The van der Waals surface area contributed by atoms with Crippen molar-refractivity contribution >= 4 is 28.1 Å². The molecular weight excluding hydrogens is 304 g/mol. The van der Waals surface area contributed by atoms with Crippen LogP contribution in [0.3, 0.4) is 0 Å². The molecule has 4 heteroatoms. The second-order valence-corrected chi connectivity index (χ2v) is 6.53. The third-order valence-corrected chi connectivity index (χ3v) is 4.61. The monoisotopic (exact) mass is 320 g/mol. The topological polar surface area (TPSA) is 38.1 Å². The number of anilines is 1. The Hall–Kier alpha value is -2.59. The minimum Gasteiger partial charge on any atom is -0.436 e. The zero-order valence-corrected chi connectivity index (χ0v) is 13.6. The zero-order valence-electron chi connectivity index (χ0n) is 12.7. The fraction of sp³-hybridized carbons (Fsp3) is 0.105. The normalized spacial score (nSPS) is 11.0. The van der Waals surface area contributed by atoms with E-state index in [1.807, 2.05) is 30.3 Å². The third-order valence-electron chi connectivity index (χ3n) is 3.73. The van der Waals surface area contributed by atoms with Crippen molar-refractivity contribution in [1.82, 2.24) is 4.98 Å². The SMILES string of the molecule is Cc1ccc(-c2nc3ccc(NCc4cccs4)cc3o2)cc1. The molecule has 0 radical (unpaired) electrons. The van der Waals surface area contributed by atoms with E-state index >= 15 is 0 Å². The molecule has 0 bridgehead atoms. The van der Waals surface area contributed by atoms with E-state index in [4.69, 9.17) is 4.42 Å². The van der Waals surface area contributed by atoms with Crippen LogP contribution in [0, 0.1) is 6.92 Å². The first-order chi connectivity index (χ1) is 11.3. The van der Waals surface area contributed by atoms with Crippen LogP contribution in [0.1, 0.15) is 10.4 Å². The molecule has 2 heterocycles. The highest BCUT2D eigenvalue weighted by Gasteiger charge is 2.08. The minimum absolute atomic E-state index is 0.662. The number of hydrogen-bond donors (Lipinski definition) is 1. The Morgan fingerprint density at radius 3 is 2.74 bits per heavy atom. The Morgan fingerprint density at radius 1 is 1.09 bits per heavy atom. The molecule has 0 spiro atoms. The summed E-state index contributed by atoms with van der Waals surface area (Å²) in [7, 11) is 0. The van der Waals surface area contributed by atoms with Gasteiger partial charge in [-0.2, -0.15) is 0 Å². The summed E-state index contributed by atoms with van der Waals surface area (Å²) in [6.45, 7) is 2.89. The van der Waals surface area contributed by atoms with Gasteiger partial charge in [0.15, 0.2) is 5.58 Å². The standard InChI is InChI=1S/C19H16N2OS/c1-13-4-6-14(7-5-13)19-21-17-9-8-15(11-18(17)22-19)20-12-16-3-2-10-23-16/h2-11,20H,12H2,1H3. The lowest BCUT2D eigenvalue weighted by Crippen LogP contribution is -1.96. The number of aryl methyl sites for hydroxylation is 1. The molecule has 0 atom stereocenters. The van der Waals surface area contributed by atoms with E-state index in [0.717, 1.165) is 28.9 Å². The maximum Gasteiger partial charge on any atom is 0.227 e. The molecule has 0 aliphatic carbocycles. The summed E-state index contributed by atoms with van der Waals surface area (Å²) in [5.74, 6) is 0.662. The molecule has 23 heavy (non-hydrogen) atoms. The zero-order chi connectivity index (χ0) is 15.6. The summed E-state index contributed by atoms with van der Waals surface area (Å²) in [6, 6.07) is 18.4. The van der Waals surface area contributed by atoms with Crippen molar-refractivity contribution in [1.29, 1.82) is 0 Å². The molecule has 0 saturated carbocycles. The lowest BCUT2D eigenvalue weighted by molar-refractivity contribution is 0.620. The fourth-order valence-electron chi connectivity index (χ4n) is 2.46. The molecule has 0 aliphatic rings. The number of thiophene rings is 1. The predicted octanol–water partition coefficient (Wildman–Crippen LogP) is 5.48. The number of rotatable bonds is 4. The van der Waals surface area contributed by atoms with Crippen LogP contribution in [0.5, 0.6) is 0 Å². The smallest absolute Gasteiger partial charge is 0.227 e. The molecule has 2 aromatic heterocycles. The minimum atomic E-state index is 0.662. The summed E-state index contributed by atoms with van der Waals surface area (Å²) in [5.41, 5.74) is 4.95. The Labute approximate surface area is 138 Å². The van der Waals surface area contributed by atoms with Gasteiger partial charge in [-0.05, 0) is 42.6 Å². The Balaban J connectivity index is 1.60. The van der Waals surface area contributed by atoms with Gasteiger partial charge in [0.25, 0.3) is 0 Å². The van der Waals surface area contributed by atoms with Gasteiger partial charge in [0.2, 0.25) is 5.89 Å². The summed E-state index contributed by atoms with van der Waals surface area (Å²) in [4.78, 5) is 5.88. The number of fused-ring (bicyclic) bond motifs is 1. The average Bonchev–Trinajstić information content (AvgIpc) is 3.22. The van der Waals surface area contributed by atoms with Crippen LogP contribution in [-0.2, 0) is 6.54 Å². The molecule has 0 fully saturated rings. The van der Waals surface area contributed by atoms with Crippen molar-refractivity contribution in [3.8, 4) is 11.5 Å². The first kappa shape index (κ1) is 14.0. The molecule has 114 valence electrons. The van der Waals surface area contributed by atoms with E-state index in [-0.39, 0.29) is 0 Å². The Morgan fingerprint density at radius 2 is 1.96 bits per heavy atom. The van der Waals surface area contributed by atoms with Gasteiger partial charge in [-0.25, -0.2) is 4.98 Å². The van der Waals surface area contributed by atoms with Crippen LogP contribution < -0.4 is 5.32 Å². The molecule has 2 aromatic carbocycles. The number of oxazole rings is 1. The number of benzene rings is 2. The number of hydrogen-bond acceptors (Lipinski definition) is 4. The summed E-state index contributed by atoms with van der Waals surface area (Å²) >= 11 is 1.75. The molecule has 0 amide bonds. The molecule has 3 nitrogen and oxygen atoms in total. The molecule has 4 rings (SSSR count). The first-order valence-corrected chi connectivity index (χ1v) is 8.40. The van der Waals surface area contributed by atoms with Gasteiger partial charge in [-0.1, -0.05) is 23.8 Å². The van der Waals surface area contributed by atoms with Crippen molar-refractivity contribution in [3.63, 3.8) is 0 Å². The van der Waals surface area contributed by atoms with E-state index in [1.54, 1.807) is 11.3 Å². The van der Waals surface area contributed by atoms with Crippen molar-refractivity contribution in [3.05, 3.63) is 70.4 Å². The maximum atomic E-state index is 5.92. The summed E-state index contributed by atoms with van der Waals surface area (Å²) in [6.07, 6.45) is 0. The van der Waals surface area contributed by atoms with E-state index in [2.05, 4.69) is 46.9 Å². The van der Waals surface area contributed by atoms with Crippen LogP contribution in [-0.4, -0.2) is 4.98 Å². The lowest BCUT2D eigenvalue weighted by atomic mass is 10.1. The van der Waals surface area contributed by atoms with Crippen LogP contribution in [0.15, 0.2) is 64.4 Å². The Kier molecular flexibility index (Phi) is 3.60. The van der Waals surface area contributed by atoms with Gasteiger partial charge in [0, 0.05) is 28.7 Å². The van der Waals surface area contributed by atoms with Crippen LogP contribution >= 0.6 is 11.3 Å². The van der Waals surface area contributed by atoms with Crippen molar-refractivity contribution in [2.45, 2.75) is 13.5 Å². The summed E-state index contributed by atoms with van der Waals surface area (Å²) < 4.78 is 5.92. The van der Waals surface area contributed by atoms with E-state index in [9.17, 15) is 0 Å². The molecule has 0 aliphatic heterocycles. The lowest BCUT2D eigenvalue weighted by Gasteiger charge is -2.03. The van der Waals surface area contributed by atoms with Crippen molar-refractivity contribution < 1.29 is 4.42 Å². The number of nitrogens with one attached hydrogen (secondary N) is 1. The quantitative estimate of drug-likeness (QED) is 0.541. The van der Waals surface area contributed by atoms with Crippen LogP contribution in [0.4, 0.5) is 5.69 Å². The fourth-order valence-corrected chi connectivity index (χ4v) is 3.10. The number of aromatic nitrogens is 1. The first-order valence-electron chi connectivity index (χ1n) is 7.52. The molecule has 0 unspecified atom stereocenters. The van der Waals surface area contributed by atoms with E-state index in [0.29, 0.717) is 5.89 Å². The largest absolute Gasteiger partial charge is 0.436 e. The molecule has 0 saturated heterocycles. The average molecular weight is 320 g/mol. The van der Waals surface area contributed by atoms with Gasteiger partial charge in [-0.15, -0.1) is 11.3 Å².